The van der Waals surface area contributed by atoms with Crippen molar-refractivity contribution in [1.29, 1.82) is 0 Å². The molecule has 3 aliphatic heterocycles. The van der Waals surface area contributed by atoms with E-state index in [2.05, 4.69) is 35.2 Å². The van der Waals surface area contributed by atoms with E-state index in [9.17, 15) is 0 Å². The molecule has 1 atom stereocenters. The van der Waals surface area contributed by atoms with E-state index in [0.29, 0.717) is 6.04 Å². The van der Waals surface area contributed by atoms with Crippen molar-refractivity contribution in [3.8, 4) is 0 Å². The fourth-order valence-electron chi connectivity index (χ4n) is 3.04. The van der Waals surface area contributed by atoms with E-state index >= 15 is 0 Å². The van der Waals surface area contributed by atoms with Crippen LogP contribution in [0.3, 0.4) is 0 Å². The van der Waals surface area contributed by atoms with E-state index in [0.717, 1.165) is 10.5 Å². The molecule has 0 aromatic heterocycles. The van der Waals surface area contributed by atoms with Gasteiger partial charge in [0.1, 0.15) is 0 Å². The fourth-order valence-corrected chi connectivity index (χ4v) is 3.38. The summed E-state index contributed by atoms with van der Waals surface area (Å²) in [4.78, 5) is 2.61. The Balaban J connectivity index is 0.00000108. The number of alkyl halides is 1. The Bertz CT molecular complexity index is 361. The first kappa shape index (κ1) is 13.2. The van der Waals surface area contributed by atoms with Crippen molar-refractivity contribution in [2.75, 3.05) is 38.7 Å². The van der Waals surface area contributed by atoms with Crippen molar-refractivity contribution in [2.45, 2.75) is 6.04 Å². The first-order valence-corrected chi connectivity index (χ1v) is 6.56. The smallest absolute Gasteiger partial charge is 0.155 e. The molecule has 0 saturated carbocycles. The third-order valence-electron chi connectivity index (χ3n) is 4.16. The van der Waals surface area contributed by atoms with Gasteiger partial charge in [-0.2, -0.15) is 0 Å². The number of quaternary nitrogens is 1. The molecule has 0 aliphatic carbocycles. The molecule has 17 heavy (non-hydrogen) atoms. The Hall–Kier alpha value is -0.280. The van der Waals surface area contributed by atoms with Gasteiger partial charge < -0.3 is 16.9 Å². The number of rotatable bonds is 2. The number of fused-ring (bicyclic) bond motifs is 3. The lowest BCUT2D eigenvalue weighted by Gasteiger charge is -2.53. The van der Waals surface area contributed by atoms with E-state index in [1.165, 1.54) is 38.3 Å². The summed E-state index contributed by atoms with van der Waals surface area (Å²) in [5.41, 5.74) is 1.45. The van der Waals surface area contributed by atoms with Gasteiger partial charge in [-0.15, -0.1) is 0 Å². The fraction of sp³-hybridized carbons (Fsp3) is 0.538. The molecule has 3 fully saturated rings. The molecule has 2 nitrogen and oxygen atoms in total. The lowest BCUT2D eigenvalue weighted by molar-refractivity contribution is -0.935. The number of hydrogen-bond donors (Lipinski definition) is 0. The molecule has 94 valence electrons. The molecule has 0 N–H and O–H groups in total. The predicted octanol–water partition coefficient (Wildman–Crippen LogP) is -0.926. The quantitative estimate of drug-likeness (QED) is 0.382. The molecular formula is C13H18Cl2N2. The van der Waals surface area contributed by atoms with Crippen LogP contribution in [0.2, 0.25) is 0 Å². The molecule has 3 heterocycles. The first-order valence-electron chi connectivity index (χ1n) is 6.03. The first-order chi connectivity index (χ1) is 7.83. The highest BCUT2D eigenvalue weighted by molar-refractivity contribution is 6.17. The monoisotopic (exact) mass is 272 g/mol. The number of benzene rings is 1. The molecule has 0 spiro atoms. The summed E-state index contributed by atoms with van der Waals surface area (Å²) in [7, 11) is 0. The van der Waals surface area contributed by atoms with Crippen LogP contribution in [0.5, 0.6) is 0 Å². The van der Waals surface area contributed by atoms with E-state index in [4.69, 9.17) is 11.6 Å². The van der Waals surface area contributed by atoms with Gasteiger partial charge in [-0.25, -0.2) is 0 Å². The zero-order chi connectivity index (χ0) is 11.0. The molecule has 2 bridgehead atoms. The van der Waals surface area contributed by atoms with Crippen LogP contribution < -0.4 is 12.4 Å². The summed E-state index contributed by atoms with van der Waals surface area (Å²) >= 11 is 6.17. The van der Waals surface area contributed by atoms with Gasteiger partial charge in [-0.1, -0.05) is 41.9 Å². The maximum Gasteiger partial charge on any atom is 0.155 e. The van der Waals surface area contributed by atoms with Crippen molar-refractivity contribution in [1.82, 2.24) is 4.90 Å². The van der Waals surface area contributed by atoms with Crippen molar-refractivity contribution in [3.05, 3.63) is 35.9 Å². The zero-order valence-corrected chi connectivity index (χ0v) is 11.4. The Morgan fingerprint density at radius 2 is 1.82 bits per heavy atom. The molecule has 1 aromatic rings. The molecule has 0 amide bonds. The van der Waals surface area contributed by atoms with E-state index < -0.39 is 0 Å². The summed E-state index contributed by atoms with van der Waals surface area (Å²) in [6.45, 7) is 6.05. The maximum atomic E-state index is 6.17. The number of hydrogen-bond acceptors (Lipinski definition) is 1. The van der Waals surface area contributed by atoms with Crippen LogP contribution in [-0.4, -0.2) is 48.1 Å². The highest BCUT2D eigenvalue weighted by Crippen LogP contribution is 2.33. The number of halogens is 2. The molecule has 0 unspecified atom stereocenters. The van der Waals surface area contributed by atoms with Gasteiger partial charge in [-0.3, -0.25) is 4.90 Å². The maximum absolute atomic E-state index is 6.17. The Morgan fingerprint density at radius 3 is 2.41 bits per heavy atom. The SMILES string of the molecule is ClC[N+]12CCN(CC1)[C@H](c1ccccc1)C2.[Cl-]. The minimum Gasteiger partial charge on any atom is -1.00 e. The minimum atomic E-state index is 0. The second-order valence-corrected chi connectivity index (χ2v) is 5.29. The lowest BCUT2D eigenvalue weighted by atomic mass is 9.98. The summed E-state index contributed by atoms with van der Waals surface area (Å²) < 4.78 is 1.11. The summed E-state index contributed by atoms with van der Waals surface area (Å²) in [6.07, 6.45) is 0. The van der Waals surface area contributed by atoms with E-state index in [1.807, 2.05) is 0 Å². The predicted molar refractivity (Wildman–Crippen MR) is 66.3 cm³/mol. The Kier molecular flexibility index (Phi) is 3.99. The van der Waals surface area contributed by atoms with Crippen LogP contribution >= 0.6 is 11.6 Å². The van der Waals surface area contributed by atoms with Gasteiger partial charge in [0.2, 0.25) is 0 Å². The van der Waals surface area contributed by atoms with Gasteiger partial charge >= 0.3 is 0 Å². The highest BCUT2D eigenvalue weighted by Gasteiger charge is 2.44. The summed E-state index contributed by atoms with van der Waals surface area (Å²) in [5, 5.41) is 0. The summed E-state index contributed by atoms with van der Waals surface area (Å²) in [6, 6.07) is 12.2. The van der Waals surface area contributed by atoms with Crippen LogP contribution in [0.1, 0.15) is 11.6 Å². The molecule has 3 saturated heterocycles. The minimum absolute atomic E-state index is 0. The molecule has 3 aliphatic rings. The molecule has 1 aromatic carbocycles. The van der Waals surface area contributed by atoms with Gasteiger partial charge in [0.15, 0.2) is 6.00 Å². The molecule has 4 rings (SSSR count). The van der Waals surface area contributed by atoms with Crippen molar-refractivity contribution in [2.24, 2.45) is 0 Å². The second-order valence-electron chi connectivity index (χ2n) is 5.05. The molecular weight excluding hydrogens is 255 g/mol. The number of nitrogens with zero attached hydrogens (tertiary/aromatic N) is 2. The average Bonchev–Trinajstić information content (AvgIpc) is 2.41. The van der Waals surface area contributed by atoms with Crippen LogP contribution in [0.25, 0.3) is 0 Å². The second kappa shape index (κ2) is 5.15. The van der Waals surface area contributed by atoms with Crippen LogP contribution in [-0.2, 0) is 0 Å². The Labute approximate surface area is 114 Å². The van der Waals surface area contributed by atoms with Gasteiger partial charge in [-0.05, 0) is 5.56 Å². The third-order valence-corrected chi connectivity index (χ3v) is 4.67. The average molecular weight is 273 g/mol. The van der Waals surface area contributed by atoms with Crippen molar-refractivity contribution >= 4 is 11.6 Å². The zero-order valence-electron chi connectivity index (χ0n) is 9.86. The van der Waals surface area contributed by atoms with Gasteiger partial charge in [0.05, 0.1) is 25.7 Å². The van der Waals surface area contributed by atoms with Crippen LogP contribution in [0.15, 0.2) is 30.3 Å². The van der Waals surface area contributed by atoms with E-state index in [-0.39, 0.29) is 12.4 Å². The highest BCUT2D eigenvalue weighted by atomic mass is 35.5. The Morgan fingerprint density at radius 1 is 1.18 bits per heavy atom. The van der Waals surface area contributed by atoms with Crippen LogP contribution in [0.4, 0.5) is 0 Å². The largest absolute Gasteiger partial charge is 1.00 e. The number of piperazine rings is 3. The molecule has 0 radical (unpaired) electrons. The van der Waals surface area contributed by atoms with Gasteiger partial charge in [0, 0.05) is 13.1 Å². The van der Waals surface area contributed by atoms with Crippen LogP contribution in [0, 0.1) is 0 Å². The lowest BCUT2D eigenvalue weighted by Crippen LogP contribution is -3.00. The van der Waals surface area contributed by atoms with Gasteiger partial charge in [0.25, 0.3) is 0 Å². The van der Waals surface area contributed by atoms with Crippen molar-refractivity contribution < 1.29 is 16.9 Å². The topological polar surface area (TPSA) is 3.24 Å². The van der Waals surface area contributed by atoms with E-state index in [1.54, 1.807) is 0 Å². The summed E-state index contributed by atoms with van der Waals surface area (Å²) in [5.74, 6) is 0. The third kappa shape index (κ3) is 2.32. The molecule has 4 heteroatoms. The normalized spacial score (nSPS) is 35.4. The van der Waals surface area contributed by atoms with Crippen molar-refractivity contribution in [3.63, 3.8) is 0 Å². The standard InChI is InChI=1S/C13H18ClN2.ClH/c14-11-16-8-6-15(7-9-16)13(10-16)12-4-2-1-3-5-12;/h1-5,13H,6-11H2;1H/q+1;/p-1/t13-;/m0./s1.